The third-order valence-electron chi connectivity index (χ3n) is 0.464. The first-order valence-corrected chi connectivity index (χ1v) is 3.01. The van der Waals surface area contributed by atoms with Crippen LogP contribution in [0.3, 0.4) is 0 Å². The molecule has 0 bridgehead atoms. The summed E-state index contributed by atoms with van der Waals surface area (Å²) in [5.41, 5.74) is 0. The van der Waals surface area contributed by atoms with Gasteiger partial charge in [-0.15, -0.1) is 0 Å². The second-order valence-corrected chi connectivity index (χ2v) is 1.46. The van der Waals surface area contributed by atoms with Crippen molar-refractivity contribution in [3.63, 3.8) is 0 Å². The van der Waals surface area contributed by atoms with Crippen LogP contribution < -0.4 is 12.3 Å². The van der Waals surface area contributed by atoms with Gasteiger partial charge in [-0.3, -0.25) is 4.79 Å². The molecule has 0 amide bonds. The van der Waals surface area contributed by atoms with Crippen molar-refractivity contribution >= 4 is 5.97 Å². The number of aliphatic hydroxyl groups is 1. The summed E-state index contributed by atoms with van der Waals surface area (Å²) in [7, 11) is 0. The van der Waals surface area contributed by atoms with Gasteiger partial charge >= 0.3 is 5.97 Å². The molecule has 0 aliphatic carbocycles. The van der Waals surface area contributed by atoms with E-state index in [0.29, 0.717) is 6.42 Å². The Labute approximate surface area is 73.1 Å². The molecule has 0 rings (SSSR count). The number of carbonyl (C=O) groups is 1. The second kappa shape index (κ2) is 31.7. The van der Waals surface area contributed by atoms with Crippen molar-refractivity contribution in [2.75, 3.05) is 6.61 Å². The first-order valence-electron chi connectivity index (χ1n) is 3.01. The SMILES string of the molecule is CCCC(=O)O.CCO.N.N.O. The van der Waals surface area contributed by atoms with Crippen molar-refractivity contribution in [1.29, 1.82) is 0 Å². The summed E-state index contributed by atoms with van der Waals surface area (Å²) in [6, 6.07) is 0. The maximum Gasteiger partial charge on any atom is 0.303 e. The Morgan fingerprint density at radius 3 is 1.50 bits per heavy atom. The van der Waals surface area contributed by atoms with Crippen molar-refractivity contribution in [1.82, 2.24) is 12.3 Å². The lowest BCUT2D eigenvalue weighted by molar-refractivity contribution is -0.137. The van der Waals surface area contributed by atoms with Gasteiger partial charge < -0.3 is 28.0 Å². The minimum absolute atomic E-state index is 0. The van der Waals surface area contributed by atoms with Gasteiger partial charge in [0, 0.05) is 13.0 Å². The van der Waals surface area contributed by atoms with Gasteiger partial charge in [-0.2, -0.15) is 0 Å². The Hall–Kier alpha value is -0.690. The fourth-order valence-corrected chi connectivity index (χ4v) is 0.214. The van der Waals surface area contributed by atoms with Crippen LogP contribution in [0, 0.1) is 0 Å². The Morgan fingerprint density at radius 2 is 1.50 bits per heavy atom. The van der Waals surface area contributed by atoms with Crippen LogP contribution in [-0.4, -0.2) is 28.3 Å². The first kappa shape index (κ1) is 30.2. The predicted molar refractivity (Wildman–Crippen MR) is 49.0 cm³/mol. The molecule has 0 fully saturated rings. The maximum atomic E-state index is 9.60. The summed E-state index contributed by atoms with van der Waals surface area (Å²) in [6.07, 6.45) is 1.02. The Bertz CT molecular complexity index is 70.6. The lowest BCUT2D eigenvalue weighted by Crippen LogP contribution is -1.90. The molecule has 0 unspecified atom stereocenters. The smallest absolute Gasteiger partial charge is 0.303 e. The first-order chi connectivity index (χ1) is 4.18. The van der Waals surface area contributed by atoms with Gasteiger partial charge in [0.2, 0.25) is 0 Å². The predicted octanol–water partition coefficient (Wildman–Crippen LogP) is 0.369. The Kier molecular flexibility index (Phi) is 79.7. The molecule has 80 valence electrons. The minimum atomic E-state index is -0.711. The molecular weight excluding hydrogens is 164 g/mol. The molecule has 0 spiro atoms. The number of rotatable bonds is 2. The highest BCUT2D eigenvalue weighted by Gasteiger charge is 1.87. The van der Waals surface area contributed by atoms with Crippen molar-refractivity contribution in [2.24, 2.45) is 0 Å². The molecule has 6 nitrogen and oxygen atoms in total. The van der Waals surface area contributed by atoms with E-state index in [1.165, 1.54) is 0 Å². The monoisotopic (exact) mass is 186 g/mol. The van der Waals surface area contributed by atoms with Gasteiger partial charge in [-0.25, -0.2) is 0 Å². The molecule has 0 aromatic heterocycles. The van der Waals surface area contributed by atoms with Gasteiger partial charge in [0.15, 0.2) is 0 Å². The molecule has 0 heterocycles. The third kappa shape index (κ3) is 120. The highest BCUT2D eigenvalue weighted by molar-refractivity contribution is 5.66. The van der Waals surface area contributed by atoms with Crippen molar-refractivity contribution in [2.45, 2.75) is 26.7 Å². The van der Waals surface area contributed by atoms with Crippen LogP contribution in [-0.2, 0) is 4.79 Å². The van der Waals surface area contributed by atoms with Crippen LogP contribution in [0.25, 0.3) is 0 Å². The molecule has 0 saturated heterocycles. The van der Waals surface area contributed by atoms with E-state index >= 15 is 0 Å². The van der Waals surface area contributed by atoms with Crippen LogP contribution in [0.15, 0.2) is 0 Å². The van der Waals surface area contributed by atoms with Crippen LogP contribution in [0.1, 0.15) is 26.7 Å². The van der Waals surface area contributed by atoms with E-state index in [9.17, 15) is 4.79 Å². The summed E-state index contributed by atoms with van der Waals surface area (Å²) < 4.78 is 0. The highest BCUT2D eigenvalue weighted by atomic mass is 16.4. The lowest BCUT2D eigenvalue weighted by Gasteiger charge is -1.79. The fourth-order valence-electron chi connectivity index (χ4n) is 0.214. The number of carboxylic acid groups (broad SMARTS) is 1. The van der Waals surface area contributed by atoms with Gasteiger partial charge in [0.25, 0.3) is 0 Å². The van der Waals surface area contributed by atoms with Crippen molar-refractivity contribution in [3.8, 4) is 0 Å². The van der Waals surface area contributed by atoms with E-state index < -0.39 is 5.97 Å². The van der Waals surface area contributed by atoms with Crippen LogP contribution in [0.2, 0.25) is 0 Å². The van der Waals surface area contributed by atoms with Crippen LogP contribution in [0.5, 0.6) is 0 Å². The Morgan fingerprint density at radius 1 is 1.25 bits per heavy atom. The zero-order valence-corrected chi connectivity index (χ0v) is 7.84. The van der Waals surface area contributed by atoms with Crippen LogP contribution in [0.4, 0.5) is 0 Å². The van der Waals surface area contributed by atoms with Crippen LogP contribution >= 0.6 is 0 Å². The molecule has 0 radical (unpaired) electrons. The zero-order chi connectivity index (χ0) is 7.70. The maximum absolute atomic E-state index is 9.60. The van der Waals surface area contributed by atoms with Crippen molar-refractivity contribution < 1.29 is 20.5 Å². The van der Waals surface area contributed by atoms with Gasteiger partial charge in [0.05, 0.1) is 0 Å². The van der Waals surface area contributed by atoms with Gasteiger partial charge in [0.1, 0.15) is 0 Å². The molecule has 0 aromatic carbocycles. The average molecular weight is 186 g/mol. The highest BCUT2D eigenvalue weighted by Crippen LogP contribution is 1.82. The molecule has 0 atom stereocenters. The number of hydrogen-bond donors (Lipinski definition) is 4. The number of hydrogen-bond acceptors (Lipinski definition) is 4. The Balaban J connectivity index is -0.0000000246. The average Bonchev–Trinajstić information content (AvgIpc) is 1.67. The largest absolute Gasteiger partial charge is 0.481 e. The van der Waals surface area contributed by atoms with Gasteiger partial charge in [-0.1, -0.05) is 6.92 Å². The normalized spacial score (nSPS) is 5.58. The molecule has 10 N–H and O–H groups in total. The molecule has 0 aromatic rings. The minimum Gasteiger partial charge on any atom is -0.481 e. The second-order valence-electron chi connectivity index (χ2n) is 1.46. The number of aliphatic carboxylic acids is 1. The van der Waals surface area contributed by atoms with E-state index in [2.05, 4.69) is 0 Å². The topological polar surface area (TPSA) is 159 Å². The van der Waals surface area contributed by atoms with E-state index in [4.69, 9.17) is 10.2 Å². The summed E-state index contributed by atoms with van der Waals surface area (Å²) in [4.78, 5) is 9.60. The molecule has 6 heteroatoms. The summed E-state index contributed by atoms with van der Waals surface area (Å²) >= 11 is 0. The summed E-state index contributed by atoms with van der Waals surface area (Å²) in [5.74, 6) is -0.711. The quantitative estimate of drug-likeness (QED) is 0.489. The van der Waals surface area contributed by atoms with E-state index in [1.54, 1.807) is 6.92 Å². The lowest BCUT2D eigenvalue weighted by atomic mass is 10.4. The van der Waals surface area contributed by atoms with E-state index in [0.717, 1.165) is 6.42 Å². The summed E-state index contributed by atoms with van der Waals surface area (Å²) in [6.45, 7) is 3.77. The molecular formula is C6H22N2O4. The number of carboxylic acids is 1. The van der Waals surface area contributed by atoms with E-state index in [1.807, 2.05) is 6.92 Å². The number of aliphatic hydroxyl groups excluding tert-OH is 1. The molecule has 0 aliphatic heterocycles. The molecule has 0 aliphatic rings. The van der Waals surface area contributed by atoms with Crippen molar-refractivity contribution in [3.05, 3.63) is 0 Å². The zero-order valence-electron chi connectivity index (χ0n) is 7.84. The fraction of sp³-hybridized carbons (Fsp3) is 0.833. The molecule has 0 saturated carbocycles. The van der Waals surface area contributed by atoms with Gasteiger partial charge in [-0.05, 0) is 13.3 Å². The standard InChI is InChI=1S/C4H8O2.C2H6O.2H3N.H2O/c1-2-3-4(5)6;1-2-3;;;/h2-3H2,1H3,(H,5,6);3H,2H2,1H3;2*1H3;1H2. The molecule has 12 heavy (non-hydrogen) atoms. The van der Waals surface area contributed by atoms with E-state index in [-0.39, 0.29) is 24.4 Å². The third-order valence-corrected chi connectivity index (χ3v) is 0.464. The summed E-state index contributed by atoms with van der Waals surface area (Å²) in [5, 5.41) is 15.5.